The molecule has 8 fully saturated rings. The summed E-state index contributed by atoms with van der Waals surface area (Å²) in [4.78, 5) is 131. The van der Waals surface area contributed by atoms with Gasteiger partial charge in [0, 0.05) is 70.0 Å². The number of aliphatic carboxylic acids is 4. The number of hydrogen-bond donors (Lipinski definition) is 18. The fraction of sp³-hybridized carbons (Fsp3) is 0.878. The van der Waals surface area contributed by atoms with Crippen LogP contribution in [0.2, 0.25) is 0 Å². The topological polar surface area (TPSA) is 777 Å². The number of aliphatic hydroxyl groups excluding tert-OH is 6. The highest BCUT2D eigenvalue weighted by Gasteiger charge is 2.82. The largest absolute Gasteiger partial charge is 0.547 e. The molecule has 4 amide bonds. The van der Waals surface area contributed by atoms with Crippen molar-refractivity contribution in [2.75, 3.05) is 54.9 Å². The van der Waals surface area contributed by atoms with E-state index in [9.17, 15) is 140 Å². The van der Waals surface area contributed by atoms with Crippen molar-refractivity contribution in [2.45, 2.75) is 494 Å². The number of carbonyl (C=O) groups is 10. The third-order valence-electron chi connectivity index (χ3n) is 36.2. The Morgan fingerprint density at radius 3 is 0.577 bits per heavy atom. The molecule has 8 rings (SSSR count). The highest BCUT2D eigenvalue weighted by molar-refractivity contribution is 5.81. The van der Waals surface area contributed by atoms with Crippen LogP contribution in [0.3, 0.4) is 0 Å². The first kappa shape index (κ1) is 134. The average molecular weight is 2150 g/mol. The van der Waals surface area contributed by atoms with Crippen LogP contribution in [0.4, 0.5) is 0 Å². The van der Waals surface area contributed by atoms with Crippen LogP contribution in [0.15, 0.2) is 6.58 Å². The highest BCUT2D eigenvalue weighted by Crippen LogP contribution is 2.62. The summed E-state index contributed by atoms with van der Waals surface area (Å²) in [6, 6.07) is 0. The van der Waals surface area contributed by atoms with Crippen molar-refractivity contribution in [3.05, 3.63) is 6.58 Å². The van der Waals surface area contributed by atoms with E-state index < -0.39 is 316 Å². The molecular formula is C98H166N4O47-4. The van der Waals surface area contributed by atoms with E-state index in [2.05, 4.69) is 27.8 Å². The Hall–Kier alpha value is -7.05. The average Bonchev–Trinajstić information content (AvgIpc) is 0.688. The van der Waals surface area contributed by atoms with Crippen molar-refractivity contribution in [3.8, 4) is 0 Å². The molecule has 8 saturated heterocycles. The van der Waals surface area contributed by atoms with Gasteiger partial charge in [-0.1, -0.05) is 0 Å². The predicted molar refractivity (Wildman–Crippen MR) is 505 cm³/mol. The second kappa shape index (κ2) is 42.8. The molecule has 0 spiro atoms. The Balaban J connectivity index is 0.000000410. The molecule has 40 unspecified atom stereocenters. The molecule has 0 aliphatic carbocycles. The first-order chi connectivity index (χ1) is 66.4. The van der Waals surface area contributed by atoms with E-state index in [4.69, 9.17) is 90.1 Å². The van der Waals surface area contributed by atoms with Gasteiger partial charge in [-0.05, 0) is 228 Å². The molecule has 149 heavy (non-hydrogen) atoms. The number of methoxy groups -OCH3 is 4. The van der Waals surface area contributed by atoms with Gasteiger partial charge in [0.1, 0.15) is 200 Å². The molecule has 8 aliphatic heterocycles. The van der Waals surface area contributed by atoms with Crippen molar-refractivity contribution >= 4 is 65.4 Å². The van der Waals surface area contributed by atoms with Crippen LogP contribution in [0.5, 0.6) is 0 Å². The Labute approximate surface area is 868 Å². The van der Waals surface area contributed by atoms with Crippen molar-refractivity contribution in [3.63, 3.8) is 0 Å². The lowest BCUT2D eigenvalue weighted by Crippen LogP contribution is -2.87. The minimum absolute atomic E-state index is 0.478. The highest BCUT2D eigenvalue weighted by atomic mass is 16.8. The van der Waals surface area contributed by atoms with Gasteiger partial charge in [-0.3, -0.25) is 28.8 Å². The smallest absolute Gasteiger partial charge is 0.302 e. The van der Waals surface area contributed by atoms with Crippen LogP contribution >= 0.6 is 0 Å². The van der Waals surface area contributed by atoms with Crippen LogP contribution in [-0.2, 0) is 138 Å². The molecule has 40 atom stereocenters. The predicted octanol–water partition coefficient (Wildman–Crippen LogP) is -7.02. The number of amides is 4. The van der Waals surface area contributed by atoms with Crippen LogP contribution in [0.1, 0.15) is 263 Å². The summed E-state index contributed by atoms with van der Waals surface area (Å²) in [5.41, 5.74) is -56.6. The van der Waals surface area contributed by atoms with Crippen molar-refractivity contribution in [1.29, 1.82) is 0 Å². The van der Waals surface area contributed by atoms with Crippen molar-refractivity contribution in [1.82, 2.24) is 21.3 Å². The Kier molecular flexibility index (Phi) is 38.6. The van der Waals surface area contributed by atoms with Crippen molar-refractivity contribution < 1.29 is 230 Å². The number of carboxylic acid groups (broad SMARTS) is 4. The zero-order chi connectivity index (χ0) is 118. The molecule has 51 nitrogen and oxygen atoms in total. The molecule has 18 N–H and O–H groups in total. The Bertz CT molecular complexity index is 4650. The Morgan fingerprint density at radius 2 is 0.450 bits per heavy atom. The van der Waals surface area contributed by atoms with Gasteiger partial charge in [-0.2, -0.15) is 0 Å². The summed E-state index contributed by atoms with van der Waals surface area (Å²) in [5.74, 6) is -9.35. The van der Waals surface area contributed by atoms with Gasteiger partial charge >= 0.3 is 11.9 Å². The van der Waals surface area contributed by atoms with E-state index in [1.54, 1.807) is 0 Å². The second-order valence-electron chi connectivity index (χ2n) is 45.3. The molecule has 864 valence electrons. The molecule has 0 aromatic carbocycles. The maximum Gasteiger partial charge on any atom is 0.302 e. The SMILES string of the molecule is C=C=O.COC1(C)C(O)C(C)(CO)OC(OC2(C)C(C)(C(=O)[O-])OC(C)C(C)(O)C2(C)O)C1(C)NC(C)=O.COC1(C)C(O)C(C)(CO)OC(OC2(C)C(C)(C(=O)[O-])OC(C)C(C)(O)C2(C)O)C1(C)NC(C)=O.COC1(C)C(O)C(C)(COC(C)=O)OC(OC2(C)C(C)(C(=O)[O-])OC(C)C(C)(O)C2(C)O)C1(C)NC(C)=O.COC1(C)C(O)C(C)(COC(C)=O)OC(OC2(C)C(C)(C(=O)[O-])OC(C)C(C)(O)C2(C)O)C1(C)NC(C)=O. The van der Waals surface area contributed by atoms with Gasteiger partial charge < -0.3 is 218 Å². The van der Waals surface area contributed by atoms with E-state index >= 15 is 0 Å². The summed E-state index contributed by atoms with van der Waals surface area (Å²) in [6.07, 6.45) is -17.5. The molecule has 0 bridgehead atoms. The first-order valence-corrected chi connectivity index (χ1v) is 47.9. The minimum Gasteiger partial charge on any atom is -0.547 e. The van der Waals surface area contributed by atoms with Crippen LogP contribution in [0.25, 0.3) is 0 Å². The molecule has 0 saturated carbocycles. The van der Waals surface area contributed by atoms with Gasteiger partial charge in [0.05, 0.1) is 61.5 Å². The maximum absolute atomic E-state index is 12.5. The number of carboxylic acids is 4. The van der Waals surface area contributed by atoms with Crippen molar-refractivity contribution in [2.24, 2.45) is 0 Å². The van der Waals surface area contributed by atoms with Gasteiger partial charge in [0.25, 0.3) is 0 Å². The number of carbonyl (C=O) groups excluding carboxylic acids is 11. The summed E-state index contributed by atoms with van der Waals surface area (Å²) in [5, 5.41) is 218. The molecule has 51 heteroatoms. The fourth-order valence-corrected chi connectivity index (χ4v) is 21.6. The summed E-state index contributed by atoms with van der Waals surface area (Å²) in [7, 11) is 5.11. The lowest BCUT2D eigenvalue weighted by molar-refractivity contribution is -0.441. The number of ether oxygens (including phenoxy) is 18. The van der Waals surface area contributed by atoms with Crippen LogP contribution in [-0.4, -0.2) is 422 Å². The third-order valence-corrected chi connectivity index (χ3v) is 36.2. The van der Waals surface area contributed by atoms with Gasteiger partial charge in [-0.15, -0.1) is 0 Å². The molecule has 0 radical (unpaired) electrons. The quantitative estimate of drug-likeness (QED) is 0.0283. The minimum atomic E-state index is -2.37. The number of esters is 2. The summed E-state index contributed by atoms with van der Waals surface area (Å²) < 4.78 is 105. The van der Waals surface area contributed by atoms with E-state index in [1.165, 1.54) is 256 Å². The third kappa shape index (κ3) is 20.2. The van der Waals surface area contributed by atoms with E-state index in [1.807, 2.05) is 0 Å². The van der Waals surface area contributed by atoms with Crippen LogP contribution in [0, 0.1) is 0 Å². The summed E-state index contributed by atoms with van der Waals surface area (Å²) in [6.45, 7) is 49.5. The van der Waals surface area contributed by atoms with E-state index in [-0.39, 0.29) is 0 Å². The maximum atomic E-state index is 12.5. The second-order valence-corrected chi connectivity index (χ2v) is 45.3. The number of aliphatic hydroxyl groups is 14. The number of hydrogen-bond acceptors (Lipinski definition) is 47. The Morgan fingerprint density at radius 1 is 0.302 bits per heavy atom. The van der Waals surface area contributed by atoms with E-state index in [0.717, 1.165) is 41.5 Å². The lowest BCUT2D eigenvalue weighted by Gasteiger charge is -2.66. The van der Waals surface area contributed by atoms with Gasteiger partial charge in [-0.25, -0.2) is 4.79 Å². The lowest BCUT2D eigenvalue weighted by atomic mass is 9.61. The standard InChI is InChI=1S/2C25H43NO12.2C23H41NO11.C2H2O/c2*1-13-21(6,32)24(9,33)25(10,23(8,36-13)17(30)31)38-18-20(5,26-14(2)27)22(7,34-11)16(29)19(4,37-18)12-35-15(3)28;2*1-12-19(5,30)22(8,31)23(9,21(7,33-12)15(28)29)35-16-18(4,24-13(2)26)20(6,32-10)14(27)17(3,11-25)34-16;1-2-3/h2*13,16,18,29,32-33H,12H2,1-11H3,(H,26,27)(H,30,31);2*12,14,16,25,27,30-31H,11H2,1-10H3,(H,24,26)(H,28,29);1H2/p-4. The van der Waals surface area contributed by atoms with Crippen LogP contribution < -0.4 is 41.7 Å². The zero-order valence-corrected chi connectivity index (χ0v) is 93.7. The van der Waals surface area contributed by atoms with E-state index in [0.29, 0.717) is 0 Å². The first-order valence-electron chi connectivity index (χ1n) is 47.9. The van der Waals surface area contributed by atoms with Gasteiger partial charge in [0.15, 0.2) is 25.2 Å². The number of rotatable bonds is 26. The zero-order valence-electron chi connectivity index (χ0n) is 93.7. The molecular weight excluding hydrogens is 1990 g/mol. The molecule has 8 aliphatic rings. The molecule has 8 heterocycles. The fourth-order valence-electron chi connectivity index (χ4n) is 21.6. The number of nitrogens with one attached hydrogen (secondary N) is 4. The normalized spacial score (nSPS) is 49.9. The van der Waals surface area contributed by atoms with Gasteiger partial charge in [0.2, 0.25) is 23.6 Å². The monoisotopic (exact) mass is 2150 g/mol. The molecule has 0 aromatic rings. The molecule has 0 aromatic heterocycles. The summed E-state index contributed by atoms with van der Waals surface area (Å²) >= 11 is 0.